The van der Waals surface area contributed by atoms with Gasteiger partial charge in [0.2, 0.25) is 0 Å². The summed E-state index contributed by atoms with van der Waals surface area (Å²) in [6, 6.07) is 6.32. The van der Waals surface area contributed by atoms with Crippen molar-refractivity contribution in [2.75, 3.05) is 13.1 Å². The summed E-state index contributed by atoms with van der Waals surface area (Å²) in [7, 11) is 1.47. The number of thiazole rings is 1. The maximum atomic E-state index is 12.7. The molecule has 9 heteroatoms. The van der Waals surface area contributed by atoms with Gasteiger partial charge in [0.05, 0.1) is 10.1 Å². The van der Waals surface area contributed by atoms with Crippen LogP contribution in [0.2, 0.25) is 0 Å². The predicted molar refractivity (Wildman–Crippen MR) is 98.7 cm³/mol. The second kappa shape index (κ2) is 7.64. The number of halogens is 3. The van der Waals surface area contributed by atoms with Crippen LogP contribution in [-0.2, 0) is 18.0 Å². The molecule has 1 aromatic heterocycles. The Bertz CT molecular complexity index is 1120. The van der Waals surface area contributed by atoms with Crippen molar-refractivity contribution in [1.29, 1.82) is 5.26 Å². The molecule has 0 radical (unpaired) electrons. The first kappa shape index (κ1) is 19.9. The Morgan fingerprint density at radius 1 is 1.21 bits per heavy atom. The van der Waals surface area contributed by atoms with E-state index in [0.29, 0.717) is 18.7 Å². The quantitative estimate of drug-likeness (QED) is 0.760. The molecule has 3 rings (SSSR count). The lowest BCUT2D eigenvalue weighted by molar-refractivity contribution is -0.137. The zero-order valence-corrected chi connectivity index (χ0v) is 15.7. The largest absolute Gasteiger partial charge is 0.416 e. The molecule has 0 unspecified atom stereocenters. The lowest BCUT2D eigenvalue weighted by Crippen LogP contribution is -2.34. The van der Waals surface area contributed by atoms with Gasteiger partial charge in [-0.2, -0.15) is 18.4 Å². The van der Waals surface area contributed by atoms with Crippen molar-refractivity contribution in [2.45, 2.75) is 19.0 Å². The van der Waals surface area contributed by atoms with Crippen LogP contribution in [0, 0.1) is 11.3 Å². The van der Waals surface area contributed by atoms with Gasteiger partial charge in [0.15, 0.2) is 5.57 Å². The van der Waals surface area contributed by atoms with Crippen LogP contribution >= 0.6 is 11.3 Å². The number of nitriles is 1. The molecule has 146 valence electrons. The molecule has 0 atom stereocenters. The van der Waals surface area contributed by atoms with E-state index in [1.165, 1.54) is 29.8 Å². The number of carbonyl (C=O) groups is 1. The molecule has 0 spiro atoms. The molecule has 1 amide bonds. The summed E-state index contributed by atoms with van der Waals surface area (Å²) in [5, 5.41) is 9.47. The summed E-state index contributed by atoms with van der Waals surface area (Å²) < 4.78 is 39.7. The third-order valence-corrected chi connectivity index (χ3v) is 5.68. The minimum atomic E-state index is -4.43. The molecule has 1 aliphatic heterocycles. The van der Waals surface area contributed by atoms with E-state index in [1.807, 2.05) is 6.07 Å². The molecule has 0 N–H and O–H groups in total. The maximum Gasteiger partial charge on any atom is 0.416 e. The summed E-state index contributed by atoms with van der Waals surface area (Å²) in [4.78, 5) is 26.7. The zero-order valence-electron chi connectivity index (χ0n) is 14.9. The lowest BCUT2D eigenvalue weighted by Gasteiger charge is -2.13. The Morgan fingerprint density at radius 3 is 2.36 bits per heavy atom. The number of hydrogen-bond acceptors (Lipinski definition) is 4. The Kier molecular flexibility index (Phi) is 5.42. The summed E-state index contributed by atoms with van der Waals surface area (Å²) >= 11 is 0.976. The number of nitrogens with zero attached hydrogens (tertiary/aromatic N) is 3. The van der Waals surface area contributed by atoms with E-state index < -0.39 is 23.2 Å². The second-order valence-electron chi connectivity index (χ2n) is 6.39. The highest BCUT2D eigenvalue weighted by molar-refractivity contribution is 7.07. The normalized spacial score (nSPS) is 16.2. The molecule has 5 nitrogen and oxygen atoms in total. The Balaban J connectivity index is 2.08. The first-order valence-electron chi connectivity index (χ1n) is 8.51. The number of aromatic nitrogens is 1. The summed E-state index contributed by atoms with van der Waals surface area (Å²) in [5.74, 6) is -0.405. The average molecular weight is 407 g/mol. The average Bonchev–Trinajstić information content (AvgIpc) is 3.28. The number of hydrogen-bond donors (Lipinski definition) is 0. The van der Waals surface area contributed by atoms with E-state index in [4.69, 9.17) is 0 Å². The standard InChI is InChI=1S/C19H16F3N3O2S/c1-24-17(27)15(10-12-4-6-13(7-5-12)19(20,21)22)28-18(24)14(11-23)16(26)25-8-2-3-9-25/h4-7,10H,2-3,8-9H2,1H3/b15-10+,18-14-. The van der Waals surface area contributed by atoms with Crippen molar-refractivity contribution in [3.8, 4) is 6.07 Å². The van der Waals surface area contributed by atoms with Gasteiger partial charge >= 0.3 is 6.18 Å². The van der Waals surface area contributed by atoms with Crippen molar-refractivity contribution in [3.05, 3.63) is 54.9 Å². The third kappa shape index (κ3) is 3.87. The highest BCUT2D eigenvalue weighted by Gasteiger charge is 2.29. The van der Waals surface area contributed by atoms with Crippen molar-refractivity contribution >= 4 is 28.9 Å². The van der Waals surface area contributed by atoms with Gasteiger partial charge in [0.1, 0.15) is 10.7 Å². The SMILES string of the molecule is Cn1c(=O)/c(=C\c2ccc(C(F)(F)F)cc2)s/c1=C(/C#N)C(=O)N1CCCC1. The van der Waals surface area contributed by atoms with Crippen LogP contribution in [0.3, 0.4) is 0 Å². The first-order chi connectivity index (χ1) is 13.2. The van der Waals surface area contributed by atoms with Gasteiger partial charge in [-0.1, -0.05) is 12.1 Å². The number of likely N-dealkylation sites (tertiary alicyclic amines) is 1. The molecule has 1 aliphatic rings. The van der Waals surface area contributed by atoms with Gasteiger partial charge in [0, 0.05) is 20.1 Å². The highest BCUT2D eigenvalue weighted by Crippen LogP contribution is 2.29. The van der Waals surface area contributed by atoms with E-state index >= 15 is 0 Å². The molecular weight excluding hydrogens is 391 g/mol. The fourth-order valence-electron chi connectivity index (χ4n) is 2.97. The van der Waals surface area contributed by atoms with Crippen LogP contribution in [0.25, 0.3) is 11.6 Å². The van der Waals surface area contributed by atoms with E-state index in [9.17, 15) is 28.0 Å². The molecule has 1 aromatic carbocycles. The minimum Gasteiger partial charge on any atom is -0.338 e. The monoisotopic (exact) mass is 407 g/mol. The molecule has 0 bridgehead atoms. The number of rotatable bonds is 2. The smallest absolute Gasteiger partial charge is 0.338 e. The van der Waals surface area contributed by atoms with Gasteiger partial charge in [-0.05, 0) is 36.6 Å². The molecule has 1 saturated heterocycles. The molecule has 1 fully saturated rings. The number of benzene rings is 1. The van der Waals surface area contributed by atoms with Gasteiger partial charge in [-0.15, -0.1) is 11.3 Å². The fourth-order valence-corrected chi connectivity index (χ4v) is 4.05. The van der Waals surface area contributed by atoms with Gasteiger partial charge in [-0.3, -0.25) is 9.59 Å². The maximum absolute atomic E-state index is 12.7. The second-order valence-corrected chi connectivity index (χ2v) is 7.42. The zero-order chi connectivity index (χ0) is 20.5. The lowest BCUT2D eigenvalue weighted by atomic mass is 10.1. The number of amides is 1. The topological polar surface area (TPSA) is 66.1 Å². The molecule has 28 heavy (non-hydrogen) atoms. The van der Waals surface area contributed by atoms with Crippen molar-refractivity contribution in [2.24, 2.45) is 7.05 Å². The molecule has 2 heterocycles. The predicted octanol–water partition coefficient (Wildman–Crippen LogP) is 1.59. The first-order valence-corrected chi connectivity index (χ1v) is 9.32. The summed E-state index contributed by atoms with van der Waals surface area (Å²) in [6.45, 7) is 1.15. The number of alkyl halides is 3. The van der Waals surface area contributed by atoms with Gasteiger partial charge in [0.25, 0.3) is 11.5 Å². The molecular formula is C19H16F3N3O2S. The van der Waals surface area contributed by atoms with E-state index in [2.05, 4.69) is 0 Å². The van der Waals surface area contributed by atoms with Crippen molar-refractivity contribution in [1.82, 2.24) is 9.47 Å². The fraction of sp³-hybridized carbons (Fsp3) is 0.316. The molecule has 0 aliphatic carbocycles. The van der Waals surface area contributed by atoms with Crippen LogP contribution in [-0.4, -0.2) is 28.5 Å². The van der Waals surface area contributed by atoms with Crippen LogP contribution in [0.15, 0.2) is 29.1 Å². The van der Waals surface area contributed by atoms with E-state index in [1.54, 1.807) is 4.90 Å². The highest BCUT2D eigenvalue weighted by atomic mass is 32.1. The van der Waals surface area contributed by atoms with Crippen LogP contribution < -0.4 is 14.8 Å². The van der Waals surface area contributed by atoms with E-state index in [-0.39, 0.29) is 14.8 Å². The van der Waals surface area contributed by atoms with Gasteiger partial charge in [-0.25, -0.2) is 0 Å². The Morgan fingerprint density at radius 2 is 1.82 bits per heavy atom. The van der Waals surface area contributed by atoms with Crippen LogP contribution in [0.4, 0.5) is 13.2 Å². The minimum absolute atomic E-state index is 0.0985. The van der Waals surface area contributed by atoms with Crippen LogP contribution in [0.5, 0.6) is 0 Å². The summed E-state index contributed by atoms with van der Waals surface area (Å²) in [5.41, 5.74) is -0.871. The van der Waals surface area contributed by atoms with Crippen molar-refractivity contribution < 1.29 is 18.0 Å². The molecule has 0 saturated carbocycles. The Labute approximate surface area is 162 Å². The van der Waals surface area contributed by atoms with E-state index in [0.717, 1.165) is 36.3 Å². The number of carbonyl (C=O) groups excluding carboxylic acids is 1. The molecule has 2 aromatic rings. The van der Waals surface area contributed by atoms with Gasteiger partial charge < -0.3 is 9.47 Å². The van der Waals surface area contributed by atoms with Crippen molar-refractivity contribution in [3.63, 3.8) is 0 Å². The third-order valence-electron chi connectivity index (χ3n) is 4.50. The Hall–Kier alpha value is -2.86. The van der Waals surface area contributed by atoms with Crippen LogP contribution in [0.1, 0.15) is 24.0 Å². The summed E-state index contributed by atoms with van der Waals surface area (Å²) in [6.07, 6.45) is -1.23.